The van der Waals surface area contributed by atoms with Crippen molar-refractivity contribution in [3.05, 3.63) is 146 Å². The first kappa shape index (κ1) is 56.2. The lowest BCUT2D eigenvalue weighted by Crippen LogP contribution is -2.23. The number of hydrogen-bond donors (Lipinski definition) is 2. The Kier molecular flexibility index (Phi) is 55.3. The Morgan fingerprint density at radius 2 is 0.679 bits per heavy atom. The van der Waals surface area contributed by atoms with Gasteiger partial charge >= 0.3 is 0 Å². The summed E-state index contributed by atoms with van der Waals surface area (Å²) in [7, 11) is 0. The van der Waals surface area contributed by atoms with E-state index in [1.165, 1.54) is 19.3 Å². The predicted molar refractivity (Wildman–Crippen MR) is 253 cm³/mol. The lowest BCUT2D eigenvalue weighted by Gasteiger charge is -2.03. The van der Waals surface area contributed by atoms with Gasteiger partial charge in [-0.3, -0.25) is 9.59 Å². The van der Waals surface area contributed by atoms with Crippen molar-refractivity contribution in [3.63, 3.8) is 0 Å². The van der Waals surface area contributed by atoms with Gasteiger partial charge in [0.25, 0.3) is 0 Å². The fraction of sp³-hybridized carbons (Fsp3) is 0.500. The molecule has 0 saturated heterocycles. The van der Waals surface area contributed by atoms with Crippen molar-refractivity contribution in [1.29, 1.82) is 0 Å². The van der Waals surface area contributed by atoms with Gasteiger partial charge in [0.05, 0.1) is 0 Å². The smallest absolute Gasteiger partial charge is 0.220 e. The van der Waals surface area contributed by atoms with Crippen molar-refractivity contribution in [2.24, 2.45) is 5.73 Å². The lowest BCUT2D eigenvalue weighted by atomic mass is 10.2. The van der Waals surface area contributed by atoms with Crippen molar-refractivity contribution in [2.75, 3.05) is 6.54 Å². The van der Waals surface area contributed by atoms with Gasteiger partial charge in [-0.2, -0.15) is 0 Å². The van der Waals surface area contributed by atoms with Crippen LogP contribution >= 0.6 is 0 Å². The molecule has 56 heavy (non-hydrogen) atoms. The molecular formula is C52H84N2O2. The van der Waals surface area contributed by atoms with E-state index in [0.29, 0.717) is 12.8 Å². The minimum absolute atomic E-state index is 0.172. The standard InChI is InChI=1S/C28H45NO.C22H33NO.C2H6/c1-3-5-7-9-10-11-12-13-14-15-16-17-18-19-20-21-22-23-24-26-28(30)29-27-25-8-6-4-2;1-2-3-4-5-6-7-8-9-10-11-12-13-14-15-16-17-18-19-20-21-22(23)24;1-2/h5,7,10-11,13-14,16-17,19-20,22-23H,3-4,6,8-9,12,15,18,21,24-27H2,1-2H3,(H,29,30);3-4,6-7,9-10,12-13,15-16,18-19H,2,5,8,11,14,17,20-21H2,1H3,(H2,23,24);1-2H3/b7-5-,11-10-,14-13-,17-16-,20-19-,23-22-;4-3-,7-6-,10-9-,13-12-,16-15-,19-18-;. The summed E-state index contributed by atoms with van der Waals surface area (Å²) >= 11 is 0. The maximum absolute atomic E-state index is 11.7. The third-order valence-electron chi connectivity index (χ3n) is 7.64. The van der Waals surface area contributed by atoms with Gasteiger partial charge < -0.3 is 11.1 Å². The summed E-state index contributed by atoms with van der Waals surface area (Å²) in [5, 5.41) is 3.00. The maximum Gasteiger partial charge on any atom is 0.220 e. The van der Waals surface area contributed by atoms with Gasteiger partial charge in [-0.05, 0) is 96.3 Å². The largest absolute Gasteiger partial charge is 0.370 e. The van der Waals surface area contributed by atoms with E-state index in [2.05, 4.69) is 166 Å². The molecule has 0 rings (SSSR count). The van der Waals surface area contributed by atoms with Crippen LogP contribution in [0.3, 0.4) is 0 Å². The molecule has 0 aliphatic rings. The molecule has 4 nitrogen and oxygen atoms in total. The molecule has 0 atom stereocenters. The molecule has 4 heteroatoms. The third kappa shape index (κ3) is 59.1. The average Bonchev–Trinajstić information content (AvgIpc) is 3.20. The van der Waals surface area contributed by atoms with Gasteiger partial charge in [0.15, 0.2) is 0 Å². The van der Waals surface area contributed by atoms with Crippen LogP contribution in [-0.4, -0.2) is 18.4 Å². The minimum Gasteiger partial charge on any atom is -0.370 e. The summed E-state index contributed by atoms with van der Waals surface area (Å²) < 4.78 is 0. The number of hydrogen-bond acceptors (Lipinski definition) is 2. The fourth-order valence-corrected chi connectivity index (χ4v) is 4.59. The van der Waals surface area contributed by atoms with Gasteiger partial charge in [0, 0.05) is 19.4 Å². The first-order chi connectivity index (χ1) is 27.6. The predicted octanol–water partition coefficient (Wildman–Crippen LogP) is 15.1. The van der Waals surface area contributed by atoms with E-state index < -0.39 is 0 Å². The molecule has 0 heterocycles. The fourth-order valence-electron chi connectivity index (χ4n) is 4.59. The molecule has 0 unspecified atom stereocenters. The van der Waals surface area contributed by atoms with Gasteiger partial charge in [-0.25, -0.2) is 0 Å². The van der Waals surface area contributed by atoms with Crippen LogP contribution in [-0.2, 0) is 9.59 Å². The summed E-state index contributed by atoms with van der Waals surface area (Å²) in [5.41, 5.74) is 5.06. The van der Waals surface area contributed by atoms with E-state index >= 15 is 0 Å². The van der Waals surface area contributed by atoms with Gasteiger partial charge in [0.1, 0.15) is 0 Å². The molecule has 0 aromatic carbocycles. The van der Waals surface area contributed by atoms with Gasteiger partial charge in [-0.1, -0.05) is 200 Å². The Hall–Kier alpha value is -4.18. The lowest BCUT2D eigenvalue weighted by molar-refractivity contribution is -0.121. The van der Waals surface area contributed by atoms with Crippen LogP contribution in [0.2, 0.25) is 0 Å². The normalized spacial score (nSPS) is 12.5. The molecule has 2 amide bonds. The minimum atomic E-state index is -0.241. The Morgan fingerprint density at radius 3 is 0.964 bits per heavy atom. The molecule has 314 valence electrons. The van der Waals surface area contributed by atoms with Gasteiger partial charge in [0.2, 0.25) is 11.8 Å². The maximum atomic E-state index is 11.7. The molecule has 3 N–H and O–H groups in total. The summed E-state index contributed by atoms with van der Waals surface area (Å²) in [5.74, 6) is -0.0689. The monoisotopic (exact) mass is 769 g/mol. The summed E-state index contributed by atoms with van der Waals surface area (Å²) in [6, 6.07) is 0. The highest BCUT2D eigenvalue weighted by Crippen LogP contribution is 2.01. The average molecular weight is 769 g/mol. The highest BCUT2D eigenvalue weighted by Gasteiger charge is 1.97. The van der Waals surface area contributed by atoms with Crippen LogP contribution in [0, 0.1) is 0 Å². The van der Waals surface area contributed by atoms with E-state index in [1.807, 2.05) is 19.9 Å². The summed E-state index contributed by atoms with van der Waals surface area (Å²) in [4.78, 5) is 22.2. The van der Waals surface area contributed by atoms with Crippen LogP contribution < -0.4 is 11.1 Å². The molecule has 0 spiro atoms. The van der Waals surface area contributed by atoms with E-state index in [4.69, 9.17) is 5.73 Å². The molecule has 0 radical (unpaired) electrons. The van der Waals surface area contributed by atoms with Crippen LogP contribution in [0.1, 0.15) is 163 Å². The van der Waals surface area contributed by atoms with Crippen LogP contribution in [0.4, 0.5) is 0 Å². The Bertz CT molecular complexity index is 1200. The van der Waals surface area contributed by atoms with E-state index in [-0.39, 0.29) is 11.8 Å². The number of unbranched alkanes of at least 4 members (excludes halogenated alkanes) is 3. The number of nitrogens with two attached hydrogens (primary N) is 1. The van der Waals surface area contributed by atoms with Crippen molar-refractivity contribution in [1.82, 2.24) is 5.32 Å². The molecule has 0 aliphatic carbocycles. The Morgan fingerprint density at radius 1 is 0.393 bits per heavy atom. The zero-order valence-corrected chi connectivity index (χ0v) is 36.6. The molecular weight excluding hydrogens is 685 g/mol. The van der Waals surface area contributed by atoms with Crippen LogP contribution in [0.15, 0.2) is 146 Å². The second kappa shape index (κ2) is 55.2. The number of amides is 2. The molecule has 0 saturated carbocycles. The molecule has 0 bridgehead atoms. The number of nitrogens with one attached hydrogen (secondary N) is 1. The van der Waals surface area contributed by atoms with E-state index in [0.717, 1.165) is 103 Å². The van der Waals surface area contributed by atoms with Crippen molar-refractivity contribution in [3.8, 4) is 0 Å². The SMILES string of the molecule is CC.CC/C=C\C/C=C\C/C=C\C/C=C\C/C=C\C/C=C\CCC(=O)NCCCCCC.CC/C=C\C/C=C\C/C=C\C/C=C\C/C=C\C/C=C\CCC(N)=O. The first-order valence-corrected chi connectivity index (χ1v) is 21.9. The van der Waals surface area contributed by atoms with Gasteiger partial charge in [-0.15, -0.1) is 0 Å². The quantitative estimate of drug-likeness (QED) is 0.0515. The first-order valence-electron chi connectivity index (χ1n) is 21.9. The number of rotatable bonds is 33. The van der Waals surface area contributed by atoms with E-state index in [9.17, 15) is 9.59 Å². The van der Waals surface area contributed by atoms with Crippen molar-refractivity contribution in [2.45, 2.75) is 163 Å². The summed E-state index contributed by atoms with van der Waals surface area (Å²) in [6.07, 6.45) is 71.8. The Labute approximate surface area is 346 Å². The highest BCUT2D eigenvalue weighted by atomic mass is 16.1. The number of carbonyl (C=O) groups excluding carboxylic acids is 2. The van der Waals surface area contributed by atoms with Crippen LogP contribution in [0.25, 0.3) is 0 Å². The van der Waals surface area contributed by atoms with Crippen molar-refractivity contribution >= 4 is 11.8 Å². The second-order valence-corrected chi connectivity index (χ2v) is 12.8. The molecule has 0 aromatic heterocycles. The molecule has 0 aromatic rings. The number of carbonyl (C=O) groups is 2. The topological polar surface area (TPSA) is 72.2 Å². The van der Waals surface area contributed by atoms with Crippen LogP contribution in [0.5, 0.6) is 0 Å². The number of allylic oxidation sites excluding steroid dienone is 24. The molecule has 0 fully saturated rings. The van der Waals surface area contributed by atoms with Crippen molar-refractivity contribution < 1.29 is 9.59 Å². The zero-order chi connectivity index (χ0) is 41.7. The number of primary amides is 1. The third-order valence-corrected chi connectivity index (χ3v) is 7.64. The second-order valence-electron chi connectivity index (χ2n) is 12.8. The zero-order valence-electron chi connectivity index (χ0n) is 36.6. The Balaban J connectivity index is -0.000000982. The highest BCUT2D eigenvalue weighted by molar-refractivity contribution is 5.75. The van der Waals surface area contributed by atoms with E-state index in [1.54, 1.807) is 0 Å². The summed E-state index contributed by atoms with van der Waals surface area (Å²) in [6.45, 7) is 11.3. The molecule has 0 aliphatic heterocycles.